The lowest BCUT2D eigenvalue weighted by Crippen LogP contribution is -2.47. The molecule has 7 nitrogen and oxygen atoms in total. The van der Waals surface area contributed by atoms with E-state index < -0.39 is 29.0 Å². The van der Waals surface area contributed by atoms with Gasteiger partial charge in [0.1, 0.15) is 17.8 Å². The van der Waals surface area contributed by atoms with Gasteiger partial charge in [0, 0.05) is 19.0 Å². The van der Waals surface area contributed by atoms with Crippen LogP contribution >= 0.6 is 0 Å². The average Bonchev–Trinajstić information content (AvgIpc) is 3.43. The molecule has 0 saturated heterocycles. The van der Waals surface area contributed by atoms with Crippen LogP contribution in [0.4, 0.5) is 18.9 Å². The molecule has 0 aliphatic heterocycles. The molecule has 1 aliphatic rings. The molecular formula is C30H29F3N4O3. The molecule has 3 aromatic carbocycles. The molecule has 40 heavy (non-hydrogen) atoms. The molecular weight excluding hydrogens is 521 g/mol. The van der Waals surface area contributed by atoms with Gasteiger partial charge in [-0.05, 0) is 54.0 Å². The summed E-state index contributed by atoms with van der Waals surface area (Å²) in [6.45, 7) is 1.12. The number of benzene rings is 3. The van der Waals surface area contributed by atoms with E-state index in [-0.39, 0.29) is 5.69 Å². The summed E-state index contributed by atoms with van der Waals surface area (Å²) in [5.41, 5.74) is 2.80. The number of alkyl halides is 3. The third kappa shape index (κ3) is 4.82. The highest BCUT2D eigenvalue weighted by Gasteiger charge is 2.49. The van der Waals surface area contributed by atoms with E-state index in [2.05, 4.69) is 10.3 Å². The smallest absolute Gasteiger partial charge is 0.346 e. The summed E-state index contributed by atoms with van der Waals surface area (Å²) >= 11 is 0. The minimum Gasteiger partial charge on any atom is -0.346 e. The number of rotatable bonds is 10. The number of nitrogens with zero attached hydrogens (tertiary/aromatic N) is 3. The quantitative estimate of drug-likeness (QED) is 0.135. The molecule has 0 fully saturated rings. The molecule has 4 aromatic rings. The van der Waals surface area contributed by atoms with Crippen molar-refractivity contribution in [3.8, 4) is 11.1 Å². The van der Waals surface area contributed by atoms with Gasteiger partial charge in [0.05, 0.1) is 10.4 Å². The maximum atomic E-state index is 13.7. The van der Waals surface area contributed by atoms with Crippen LogP contribution in [0.1, 0.15) is 49.6 Å². The molecule has 0 radical (unpaired) electrons. The zero-order valence-electron chi connectivity index (χ0n) is 22.0. The predicted molar refractivity (Wildman–Crippen MR) is 146 cm³/mol. The van der Waals surface area contributed by atoms with Crippen molar-refractivity contribution in [2.45, 2.75) is 57.2 Å². The van der Waals surface area contributed by atoms with E-state index >= 15 is 0 Å². The maximum Gasteiger partial charge on any atom is 0.405 e. The second-order valence-corrected chi connectivity index (χ2v) is 10.1. The number of unbranched alkanes of at least 4 members (excludes halogenated alkanes) is 1. The van der Waals surface area contributed by atoms with Gasteiger partial charge < -0.3 is 9.88 Å². The molecule has 0 saturated carbocycles. The highest BCUT2D eigenvalue weighted by Crippen LogP contribution is 2.51. The molecule has 0 bridgehead atoms. The Morgan fingerprint density at radius 3 is 2.25 bits per heavy atom. The highest BCUT2D eigenvalue weighted by molar-refractivity contribution is 6.00. The van der Waals surface area contributed by atoms with E-state index in [1.165, 1.54) is 6.07 Å². The van der Waals surface area contributed by atoms with Crippen molar-refractivity contribution in [3.05, 3.63) is 93.8 Å². The fourth-order valence-electron chi connectivity index (χ4n) is 5.94. The van der Waals surface area contributed by atoms with Gasteiger partial charge in [-0.1, -0.05) is 61.5 Å². The number of fused-ring (bicyclic) bond motifs is 4. The summed E-state index contributed by atoms with van der Waals surface area (Å²) in [7, 11) is 0. The van der Waals surface area contributed by atoms with E-state index in [1.54, 1.807) is 18.2 Å². The number of para-hydroxylation sites is 1. The summed E-state index contributed by atoms with van der Waals surface area (Å²) in [4.78, 5) is 29.4. The Labute approximate surface area is 229 Å². The molecule has 1 amide bonds. The lowest BCUT2D eigenvalue weighted by molar-refractivity contribution is -0.383. The lowest BCUT2D eigenvalue weighted by atomic mass is 9.73. The van der Waals surface area contributed by atoms with Crippen molar-refractivity contribution >= 4 is 22.6 Å². The minimum absolute atomic E-state index is 0.0481. The van der Waals surface area contributed by atoms with Crippen LogP contribution in [0, 0.1) is 10.1 Å². The number of nitro groups is 1. The number of hydrogen-bond donors (Lipinski definition) is 1. The lowest BCUT2D eigenvalue weighted by Gasteiger charge is -2.31. The van der Waals surface area contributed by atoms with Gasteiger partial charge in [-0.3, -0.25) is 14.9 Å². The number of imidazole rings is 1. The highest BCUT2D eigenvalue weighted by atomic mass is 19.4. The molecule has 1 aromatic heterocycles. The number of nitrogens with one attached hydrogen (secondary N) is 1. The Kier molecular flexibility index (Phi) is 7.35. The van der Waals surface area contributed by atoms with Gasteiger partial charge in [-0.15, -0.1) is 0 Å². The number of carbonyl (C=O) groups is 1. The summed E-state index contributed by atoms with van der Waals surface area (Å²) in [6.07, 6.45) is -1.63. The number of aromatic nitrogens is 2. The zero-order chi connectivity index (χ0) is 28.5. The van der Waals surface area contributed by atoms with Gasteiger partial charge in [0.25, 0.3) is 5.69 Å². The number of nitro benzene ring substituents is 1. The first-order valence-corrected chi connectivity index (χ1v) is 13.3. The van der Waals surface area contributed by atoms with Crippen LogP contribution in [-0.4, -0.2) is 33.1 Å². The van der Waals surface area contributed by atoms with Crippen molar-refractivity contribution in [2.24, 2.45) is 0 Å². The number of carbonyl (C=O) groups excluding carboxylic acids is 1. The van der Waals surface area contributed by atoms with Crippen LogP contribution in [0.5, 0.6) is 0 Å². The van der Waals surface area contributed by atoms with E-state index in [0.717, 1.165) is 23.4 Å². The maximum absolute atomic E-state index is 13.7. The van der Waals surface area contributed by atoms with Crippen LogP contribution in [0.3, 0.4) is 0 Å². The molecule has 0 atom stereocenters. The van der Waals surface area contributed by atoms with Crippen LogP contribution in [0.2, 0.25) is 0 Å². The first-order chi connectivity index (χ1) is 19.2. The van der Waals surface area contributed by atoms with Gasteiger partial charge in [-0.25, -0.2) is 4.98 Å². The summed E-state index contributed by atoms with van der Waals surface area (Å²) in [5.74, 6) is 0.0820. The topological polar surface area (TPSA) is 90.1 Å². The number of aryl methyl sites for hydroxylation is 2. The zero-order valence-corrected chi connectivity index (χ0v) is 22.0. The van der Waals surface area contributed by atoms with Crippen LogP contribution in [-0.2, 0) is 23.2 Å². The largest absolute Gasteiger partial charge is 0.405 e. The number of non-ortho nitro benzene ring substituents is 1. The third-order valence-corrected chi connectivity index (χ3v) is 7.59. The van der Waals surface area contributed by atoms with E-state index in [1.807, 2.05) is 54.0 Å². The van der Waals surface area contributed by atoms with Crippen molar-refractivity contribution in [1.82, 2.24) is 14.9 Å². The monoisotopic (exact) mass is 550 g/mol. The predicted octanol–water partition coefficient (Wildman–Crippen LogP) is 6.71. The molecule has 1 N–H and O–H groups in total. The van der Waals surface area contributed by atoms with Gasteiger partial charge >= 0.3 is 6.18 Å². The molecule has 5 rings (SSSR count). The standard InChI is InChI=1S/C30H29F3N4O3/c1-2-10-26-35-27-24(15-9-16-25(27)37(39)40)36(26)18-8-7-17-29(28(38)34-19-30(31,32)33)22-13-5-3-11-20(22)21-12-4-6-14-23(21)29/h3-6,9,11-16H,2,7-8,10,17-19H2,1H3,(H,34,38). The third-order valence-electron chi connectivity index (χ3n) is 7.59. The van der Waals surface area contributed by atoms with Crippen LogP contribution in [0.15, 0.2) is 66.7 Å². The normalized spacial score (nSPS) is 13.7. The second-order valence-electron chi connectivity index (χ2n) is 10.1. The van der Waals surface area contributed by atoms with Crippen molar-refractivity contribution in [3.63, 3.8) is 0 Å². The van der Waals surface area contributed by atoms with Crippen molar-refractivity contribution < 1.29 is 22.9 Å². The molecule has 0 spiro atoms. The molecule has 208 valence electrons. The fourth-order valence-corrected chi connectivity index (χ4v) is 5.94. The summed E-state index contributed by atoms with van der Waals surface area (Å²) < 4.78 is 41.4. The Morgan fingerprint density at radius 1 is 1.00 bits per heavy atom. The second kappa shape index (κ2) is 10.7. The average molecular weight is 551 g/mol. The van der Waals surface area contributed by atoms with E-state index in [4.69, 9.17) is 0 Å². The van der Waals surface area contributed by atoms with Gasteiger partial charge in [-0.2, -0.15) is 13.2 Å². The Hall–Kier alpha value is -4.21. The first kappa shape index (κ1) is 27.4. The molecule has 0 unspecified atom stereocenters. The SMILES string of the molecule is CCCc1nc2c([N+](=O)[O-])cccc2n1CCCCC1(C(=O)NCC(F)(F)F)c2ccccc2-c2ccccc21. The Morgan fingerprint density at radius 2 is 1.65 bits per heavy atom. The Bertz CT molecular complexity index is 1530. The molecule has 1 heterocycles. The fraction of sp³-hybridized carbons (Fsp3) is 0.333. The minimum atomic E-state index is -4.53. The van der Waals surface area contributed by atoms with Gasteiger partial charge in [0.2, 0.25) is 5.91 Å². The first-order valence-electron chi connectivity index (χ1n) is 13.3. The summed E-state index contributed by atoms with van der Waals surface area (Å²) in [5, 5.41) is 13.7. The number of halogens is 3. The summed E-state index contributed by atoms with van der Waals surface area (Å²) in [6, 6.07) is 19.7. The van der Waals surface area contributed by atoms with E-state index in [0.29, 0.717) is 54.4 Å². The van der Waals surface area contributed by atoms with Gasteiger partial charge in [0.15, 0.2) is 5.52 Å². The molecule has 1 aliphatic carbocycles. The number of hydrogen-bond acceptors (Lipinski definition) is 4. The van der Waals surface area contributed by atoms with Crippen LogP contribution in [0.25, 0.3) is 22.2 Å². The number of amides is 1. The van der Waals surface area contributed by atoms with E-state index in [9.17, 15) is 28.1 Å². The van der Waals surface area contributed by atoms with Crippen LogP contribution < -0.4 is 5.32 Å². The van der Waals surface area contributed by atoms with Crippen molar-refractivity contribution in [1.29, 1.82) is 0 Å². The molecule has 10 heteroatoms. The Balaban J connectivity index is 1.46. The van der Waals surface area contributed by atoms with Crippen molar-refractivity contribution in [2.75, 3.05) is 6.54 Å².